The largest absolute Gasteiger partial charge is 0.307 e. The normalized spacial score (nSPS) is 20.2. The molecule has 0 fully saturated rings. The summed E-state index contributed by atoms with van der Waals surface area (Å²) in [7, 11) is 0. The predicted molar refractivity (Wildman–Crippen MR) is 158 cm³/mol. The number of aromatic nitrogens is 3. The van der Waals surface area contributed by atoms with Gasteiger partial charge in [0.1, 0.15) is 5.65 Å². The van der Waals surface area contributed by atoms with Gasteiger partial charge in [-0.3, -0.25) is 4.57 Å². The maximum absolute atomic E-state index is 5.61. The van der Waals surface area contributed by atoms with Crippen LogP contribution in [-0.4, -0.2) is 14.1 Å². The minimum Gasteiger partial charge on any atom is -0.307 e. The van der Waals surface area contributed by atoms with Crippen molar-refractivity contribution in [1.82, 2.24) is 14.1 Å². The zero-order chi connectivity index (χ0) is 25.6. The first-order valence-corrected chi connectivity index (χ1v) is 13.8. The van der Waals surface area contributed by atoms with E-state index in [2.05, 4.69) is 122 Å². The fourth-order valence-electron chi connectivity index (χ4n) is 8.13. The Balaban J connectivity index is 1.62. The van der Waals surface area contributed by atoms with E-state index in [4.69, 9.17) is 4.98 Å². The molecule has 2 aliphatic heterocycles. The molecule has 1 unspecified atom stereocenters. The summed E-state index contributed by atoms with van der Waals surface area (Å²) in [5, 5.41) is 3.86. The topological polar surface area (TPSA) is 22.8 Å². The van der Waals surface area contributed by atoms with E-state index in [0.717, 1.165) is 17.6 Å². The van der Waals surface area contributed by atoms with Crippen LogP contribution in [-0.2, 0) is 10.8 Å². The molecule has 0 spiro atoms. The summed E-state index contributed by atoms with van der Waals surface area (Å²) in [6.07, 6.45) is 7.96. The third kappa shape index (κ3) is 2.15. The summed E-state index contributed by atoms with van der Waals surface area (Å²) in [5.74, 6) is 0.421. The summed E-state index contributed by atoms with van der Waals surface area (Å²) in [4.78, 5) is 5.61. The van der Waals surface area contributed by atoms with E-state index in [0.29, 0.717) is 5.92 Å². The highest BCUT2D eigenvalue weighted by Crippen LogP contribution is 2.55. The zero-order valence-corrected chi connectivity index (χ0v) is 22.2. The van der Waals surface area contributed by atoms with Crippen LogP contribution in [0.15, 0.2) is 85.0 Å². The molecular formula is C35H29N3. The molecule has 1 atom stereocenters. The van der Waals surface area contributed by atoms with Crippen molar-refractivity contribution < 1.29 is 0 Å². The average molecular weight is 492 g/mol. The Kier molecular flexibility index (Phi) is 3.56. The monoisotopic (exact) mass is 491 g/mol. The van der Waals surface area contributed by atoms with Crippen LogP contribution in [0.4, 0.5) is 0 Å². The molecule has 3 aliphatic rings. The molecule has 0 amide bonds. The van der Waals surface area contributed by atoms with Gasteiger partial charge in [-0.15, -0.1) is 0 Å². The summed E-state index contributed by atoms with van der Waals surface area (Å²) >= 11 is 0. The second-order valence-electron chi connectivity index (χ2n) is 12.4. The maximum Gasteiger partial charge on any atom is 0.146 e. The van der Waals surface area contributed by atoms with Gasteiger partial charge in [0.25, 0.3) is 0 Å². The van der Waals surface area contributed by atoms with Crippen molar-refractivity contribution in [3.63, 3.8) is 0 Å². The Morgan fingerprint density at radius 1 is 0.789 bits per heavy atom. The SMILES string of the molecule is CC1(C)c2ccccc2-n2c3ccccc3c3nc4c(c1c32)c1cccc2c1n4C1=CC=CCC1C2(C)C. The van der Waals surface area contributed by atoms with Crippen LogP contribution in [0.25, 0.3) is 55.3 Å². The van der Waals surface area contributed by atoms with Gasteiger partial charge in [0.2, 0.25) is 0 Å². The van der Waals surface area contributed by atoms with Gasteiger partial charge < -0.3 is 4.57 Å². The molecule has 0 radical (unpaired) electrons. The van der Waals surface area contributed by atoms with Gasteiger partial charge in [-0.25, -0.2) is 4.98 Å². The molecule has 3 heteroatoms. The molecule has 0 saturated heterocycles. The number of fused-ring (bicyclic) bond motifs is 11. The first-order valence-electron chi connectivity index (χ1n) is 13.8. The lowest BCUT2D eigenvalue weighted by atomic mass is 9.67. The zero-order valence-electron chi connectivity index (χ0n) is 22.2. The van der Waals surface area contributed by atoms with Crippen LogP contribution in [0, 0.1) is 5.92 Å². The second-order valence-corrected chi connectivity index (χ2v) is 12.4. The van der Waals surface area contributed by atoms with Crippen molar-refractivity contribution in [2.24, 2.45) is 5.92 Å². The number of hydrogen-bond acceptors (Lipinski definition) is 1. The summed E-state index contributed by atoms with van der Waals surface area (Å²) < 4.78 is 5.01. The highest BCUT2D eigenvalue weighted by Gasteiger charge is 2.44. The number of pyridine rings is 1. The molecule has 6 aromatic rings. The Bertz CT molecular complexity index is 2110. The molecule has 3 nitrogen and oxygen atoms in total. The third-order valence-corrected chi connectivity index (χ3v) is 9.92. The van der Waals surface area contributed by atoms with E-state index in [1.807, 2.05) is 0 Å². The van der Waals surface area contributed by atoms with Crippen LogP contribution in [0.3, 0.4) is 0 Å². The summed E-state index contributed by atoms with van der Waals surface area (Å²) in [6, 6.07) is 24.7. The molecule has 38 heavy (non-hydrogen) atoms. The van der Waals surface area contributed by atoms with Crippen LogP contribution in [0.1, 0.15) is 50.8 Å². The Labute approximate surface area is 221 Å². The first-order chi connectivity index (χ1) is 18.4. The molecule has 5 heterocycles. The van der Waals surface area contributed by atoms with E-state index in [1.165, 1.54) is 60.8 Å². The lowest BCUT2D eigenvalue weighted by molar-refractivity contribution is 0.378. The van der Waals surface area contributed by atoms with Gasteiger partial charge in [-0.2, -0.15) is 0 Å². The number of benzene rings is 3. The van der Waals surface area contributed by atoms with E-state index >= 15 is 0 Å². The molecule has 3 aromatic heterocycles. The van der Waals surface area contributed by atoms with Crippen LogP contribution in [0.2, 0.25) is 0 Å². The lowest BCUT2D eigenvalue weighted by Gasteiger charge is -2.42. The van der Waals surface area contributed by atoms with Gasteiger partial charge in [0.15, 0.2) is 0 Å². The minimum absolute atomic E-state index is 0.0428. The average Bonchev–Trinajstić information content (AvgIpc) is 3.44. The predicted octanol–water partition coefficient (Wildman–Crippen LogP) is 8.63. The smallest absolute Gasteiger partial charge is 0.146 e. The second kappa shape index (κ2) is 6.47. The Morgan fingerprint density at radius 3 is 2.45 bits per heavy atom. The molecule has 3 aromatic carbocycles. The van der Waals surface area contributed by atoms with E-state index in [1.54, 1.807) is 0 Å². The number of allylic oxidation sites excluding steroid dienone is 4. The van der Waals surface area contributed by atoms with Gasteiger partial charge >= 0.3 is 0 Å². The van der Waals surface area contributed by atoms with Crippen molar-refractivity contribution >= 4 is 49.6 Å². The fraction of sp³-hybridized carbons (Fsp3) is 0.229. The standard InChI is InChI=1S/C35H29N3/c1-34(2)22-14-6-10-19-27(22)38-31-21(13-11-16-24(31)34)28-29-32-30(36-33(28)38)20-12-5-8-17-25(20)37(32)26-18-9-7-15-23(26)35(29,3)4/h5-13,15-19,22H,14H2,1-4H3. The molecule has 0 bridgehead atoms. The van der Waals surface area contributed by atoms with Crippen LogP contribution >= 0.6 is 0 Å². The van der Waals surface area contributed by atoms with Crippen molar-refractivity contribution in [3.8, 4) is 5.69 Å². The van der Waals surface area contributed by atoms with Crippen molar-refractivity contribution in [3.05, 3.63) is 102 Å². The van der Waals surface area contributed by atoms with E-state index in [-0.39, 0.29) is 10.8 Å². The quantitative estimate of drug-likeness (QED) is 0.208. The molecule has 9 rings (SSSR count). The van der Waals surface area contributed by atoms with Gasteiger partial charge in [-0.05, 0) is 35.8 Å². The number of hydrogen-bond donors (Lipinski definition) is 0. The number of rotatable bonds is 0. The molecule has 1 aliphatic carbocycles. The van der Waals surface area contributed by atoms with E-state index < -0.39 is 0 Å². The lowest BCUT2D eigenvalue weighted by Crippen LogP contribution is -2.35. The van der Waals surface area contributed by atoms with Crippen LogP contribution < -0.4 is 0 Å². The highest BCUT2D eigenvalue weighted by atomic mass is 15.1. The summed E-state index contributed by atoms with van der Waals surface area (Å²) in [5.41, 5.74) is 12.8. The van der Waals surface area contributed by atoms with Crippen molar-refractivity contribution in [1.29, 1.82) is 0 Å². The fourth-order valence-corrected chi connectivity index (χ4v) is 8.13. The van der Waals surface area contributed by atoms with Crippen molar-refractivity contribution in [2.75, 3.05) is 0 Å². The number of para-hydroxylation sites is 3. The Hall–Kier alpha value is -4.11. The highest BCUT2D eigenvalue weighted by molar-refractivity contribution is 6.20. The maximum atomic E-state index is 5.61. The van der Waals surface area contributed by atoms with Crippen molar-refractivity contribution in [2.45, 2.75) is 44.9 Å². The molecule has 0 N–H and O–H groups in total. The van der Waals surface area contributed by atoms with Gasteiger partial charge in [0, 0.05) is 44.2 Å². The van der Waals surface area contributed by atoms with Gasteiger partial charge in [0.05, 0.1) is 27.8 Å². The van der Waals surface area contributed by atoms with Gasteiger partial charge in [-0.1, -0.05) is 94.4 Å². The molecule has 184 valence electrons. The summed E-state index contributed by atoms with van der Waals surface area (Å²) in [6.45, 7) is 9.67. The van der Waals surface area contributed by atoms with Crippen LogP contribution in [0.5, 0.6) is 0 Å². The minimum atomic E-state index is -0.181. The first kappa shape index (κ1) is 20.9. The Morgan fingerprint density at radius 2 is 1.55 bits per heavy atom. The molecule has 0 saturated carbocycles. The molecular weight excluding hydrogens is 462 g/mol. The third-order valence-electron chi connectivity index (χ3n) is 9.92. The van der Waals surface area contributed by atoms with E-state index in [9.17, 15) is 0 Å². The number of nitrogens with zero attached hydrogens (tertiary/aromatic N) is 3.